The van der Waals surface area contributed by atoms with Gasteiger partial charge in [0.2, 0.25) is 0 Å². The quantitative estimate of drug-likeness (QED) is 0.600. The molecular weight excluding hydrogens is 306 g/mol. The van der Waals surface area contributed by atoms with Gasteiger partial charge in [-0.2, -0.15) is 0 Å². The fourth-order valence-electron chi connectivity index (χ4n) is 1.53. The summed E-state index contributed by atoms with van der Waals surface area (Å²) in [5.41, 5.74) is 0.739. The lowest BCUT2D eigenvalue weighted by molar-refractivity contribution is 0.602. The van der Waals surface area contributed by atoms with E-state index in [1.54, 1.807) is 18.2 Å². The van der Waals surface area contributed by atoms with E-state index < -0.39 is 0 Å². The maximum Gasteiger partial charge on any atom is 0.142 e. The first-order chi connectivity index (χ1) is 9.11. The Morgan fingerprint density at radius 2 is 1.79 bits per heavy atom. The Bertz CT molecular complexity index is 570. The van der Waals surface area contributed by atoms with Crippen LogP contribution >= 0.6 is 35.0 Å². The first kappa shape index (κ1) is 14.6. The molecule has 2 rings (SSSR count). The van der Waals surface area contributed by atoms with Crippen LogP contribution in [0.15, 0.2) is 29.2 Å². The van der Waals surface area contributed by atoms with Gasteiger partial charge in [-0.15, -0.1) is 11.8 Å². The normalized spacial score (nSPS) is 10.7. The maximum absolute atomic E-state index is 13.5. The third-order valence-corrected chi connectivity index (χ3v) is 4.17. The van der Waals surface area contributed by atoms with Crippen LogP contribution in [0.4, 0.5) is 4.39 Å². The monoisotopic (exact) mass is 316 g/mol. The van der Waals surface area contributed by atoms with Crippen molar-refractivity contribution in [3.8, 4) is 0 Å². The number of hydrogen-bond acceptors (Lipinski definition) is 3. The minimum Gasteiger partial charge on any atom is -0.220 e. The summed E-state index contributed by atoms with van der Waals surface area (Å²) in [6, 6.07) is 6.57. The molecule has 0 saturated carbocycles. The average Bonchev–Trinajstić information content (AvgIpc) is 2.37. The van der Waals surface area contributed by atoms with E-state index in [-0.39, 0.29) is 5.82 Å². The van der Waals surface area contributed by atoms with Crippen LogP contribution in [-0.4, -0.2) is 9.97 Å². The molecule has 0 unspecified atom stereocenters. The molecule has 0 aliphatic heterocycles. The Hall–Kier alpha value is -0.840. The van der Waals surface area contributed by atoms with E-state index in [2.05, 4.69) is 9.97 Å². The van der Waals surface area contributed by atoms with Gasteiger partial charge in [0.25, 0.3) is 0 Å². The molecule has 1 aromatic carbocycles. The van der Waals surface area contributed by atoms with Gasteiger partial charge in [-0.1, -0.05) is 42.3 Å². The number of benzene rings is 1. The van der Waals surface area contributed by atoms with Gasteiger partial charge in [0, 0.05) is 10.5 Å². The zero-order chi connectivity index (χ0) is 13.8. The second-order valence-corrected chi connectivity index (χ2v) is 5.51. The van der Waals surface area contributed by atoms with Gasteiger partial charge >= 0.3 is 0 Å². The molecule has 0 amide bonds. The van der Waals surface area contributed by atoms with Crippen molar-refractivity contribution >= 4 is 35.0 Å². The number of aromatic nitrogens is 2. The number of nitrogens with zero attached hydrogens (tertiary/aromatic N) is 2. The number of thioether (sulfide) groups is 1. The van der Waals surface area contributed by atoms with Gasteiger partial charge in [-0.3, -0.25) is 0 Å². The molecule has 6 heteroatoms. The van der Waals surface area contributed by atoms with E-state index in [4.69, 9.17) is 23.2 Å². The first-order valence-corrected chi connectivity index (χ1v) is 7.44. The molecule has 19 heavy (non-hydrogen) atoms. The molecule has 0 aliphatic carbocycles. The molecule has 0 radical (unpaired) electrons. The Morgan fingerprint density at radius 3 is 2.37 bits per heavy atom. The Morgan fingerprint density at radius 1 is 1.16 bits per heavy atom. The highest BCUT2D eigenvalue weighted by atomic mass is 35.5. The molecule has 0 atom stereocenters. The van der Waals surface area contributed by atoms with Crippen molar-refractivity contribution in [2.24, 2.45) is 0 Å². The lowest BCUT2D eigenvalue weighted by Gasteiger charge is -2.06. The SMILES string of the molecule is CCc1c(Cl)nc(CSc2ccccc2F)nc1Cl. The zero-order valence-corrected chi connectivity index (χ0v) is 12.5. The molecular formula is C13H11Cl2FN2S. The van der Waals surface area contributed by atoms with E-state index in [0.29, 0.717) is 33.2 Å². The van der Waals surface area contributed by atoms with Gasteiger partial charge in [0.05, 0.1) is 5.75 Å². The summed E-state index contributed by atoms with van der Waals surface area (Å²) in [7, 11) is 0. The fraction of sp³-hybridized carbons (Fsp3) is 0.231. The first-order valence-electron chi connectivity index (χ1n) is 5.70. The summed E-state index contributed by atoms with van der Waals surface area (Å²) in [5, 5.41) is 0.735. The Labute approximate surface area is 125 Å². The Balaban J connectivity index is 2.15. The van der Waals surface area contributed by atoms with Crippen molar-refractivity contribution in [2.45, 2.75) is 24.0 Å². The van der Waals surface area contributed by atoms with Gasteiger partial charge < -0.3 is 0 Å². The second kappa shape index (κ2) is 6.55. The van der Waals surface area contributed by atoms with Gasteiger partial charge in [-0.05, 0) is 18.6 Å². The van der Waals surface area contributed by atoms with Crippen molar-refractivity contribution in [2.75, 3.05) is 0 Å². The molecule has 0 saturated heterocycles. The van der Waals surface area contributed by atoms with E-state index in [1.165, 1.54) is 17.8 Å². The molecule has 1 heterocycles. The van der Waals surface area contributed by atoms with E-state index in [1.807, 2.05) is 6.92 Å². The molecule has 1 aromatic heterocycles. The highest BCUT2D eigenvalue weighted by Gasteiger charge is 2.11. The minimum atomic E-state index is -0.255. The molecule has 0 fully saturated rings. The standard InChI is InChI=1S/C13H11Cl2FN2S/c1-2-8-12(14)17-11(18-13(8)15)7-19-10-6-4-3-5-9(10)16/h3-6H,2,7H2,1H3. The number of halogens is 3. The maximum atomic E-state index is 13.5. The molecule has 0 aliphatic rings. The second-order valence-electron chi connectivity index (χ2n) is 3.77. The van der Waals surface area contributed by atoms with Crippen molar-refractivity contribution in [3.63, 3.8) is 0 Å². The fourth-order valence-corrected chi connectivity index (χ4v) is 3.02. The summed E-state index contributed by atoms with van der Waals surface area (Å²) in [4.78, 5) is 8.91. The highest BCUT2D eigenvalue weighted by molar-refractivity contribution is 7.98. The third-order valence-electron chi connectivity index (χ3n) is 2.50. The van der Waals surface area contributed by atoms with Gasteiger partial charge in [-0.25, -0.2) is 14.4 Å². The van der Waals surface area contributed by atoms with Gasteiger partial charge in [0.15, 0.2) is 0 Å². The smallest absolute Gasteiger partial charge is 0.142 e. The third kappa shape index (κ3) is 3.59. The van der Waals surface area contributed by atoms with Crippen molar-refractivity contribution < 1.29 is 4.39 Å². The number of rotatable bonds is 4. The van der Waals surface area contributed by atoms with Crippen LogP contribution in [0.2, 0.25) is 10.3 Å². The highest BCUT2D eigenvalue weighted by Crippen LogP contribution is 2.27. The molecule has 0 N–H and O–H groups in total. The Kier molecular flexibility index (Phi) is 5.02. The van der Waals surface area contributed by atoms with Crippen LogP contribution in [0, 0.1) is 5.82 Å². The zero-order valence-electron chi connectivity index (χ0n) is 10.2. The number of hydrogen-bond donors (Lipinski definition) is 0. The van der Waals surface area contributed by atoms with Crippen LogP contribution in [0.5, 0.6) is 0 Å². The van der Waals surface area contributed by atoms with Crippen LogP contribution in [-0.2, 0) is 12.2 Å². The van der Waals surface area contributed by atoms with Crippen molar-refractivity contribution in [1.82, 2.24) is 9.97 Å². The topological polar surface area (TPSA) is 25.8 Å². The van der Waals surface area contributed by atoms with Crippen molar-refractivity contribution in [1.29, 1.82) is 0 Å². The summed E-state index contributed by atoms with van der Waals surface area (Å²) >= 11 is 13.4. The minimum absolute atomic E-state index is 0.255. The van der Waals surface area contributed by atoms with Gasteiger partial charge in [0.1, 0.15) is 21.9 Å². The van der Waals surface area contributed by atoms with Crippen LogP contribution in [0.3, 0.4) is 0 Å². The van der Waals surface area contributed by atoms with E-state index in [9.17, 15) is 4.39 Å². The molecule has 0 bridgehead atoms. The summed E-state index contributed by atoms with van der Waals surface area (Å²) in [6.45, 7) is 1.93. The van der Waals surface area contributed by atoms with E-state index >= 15 is 0 Å². The molecule has 2 aromatic rings. The summed E-state index contributed by atoms with van der Waals surface area (Å²) in [5.74, 6) is 0.667. The lowest BCUT2D eigenvalue weighted by Crippen LogP contribution is -1.99. The van der Waals surface area contributed by atoms with Crippen LogP contribution in [0.25, 0.3) is 0 Å². The van der Waals surface area contributed by atoms with Crippen LogP contribution < -0.4 is 0 Å². The summed E-state index contributed by atoms with van der Waals surface area (Å²) in [6.07, 6.45) is 0.679. The molecule has 2 nitrogen and oxygen atoms in total. The van der Waals surface area contributed by atoms with Crippen molar-refractivity contribution in [3.05, 3.63) is 51.8 Å². The summed E-state index contributed by atoms with van der Waals surface area (Å²) < 4.78 is 13.5. The van der Waals surface area contributed by atoms with E-state index in [0.717, 1.165) is 5.56 Å². The molecule has 0 spiro atoms. The largest absolute Gasteiger partial charge is 0.220 e. The predicted molar refractivity (Wildman–Crippen MR) is 77.4 cm³/mol. The lowest BCUT2D eigenvalue weighted by atomic mass is 10.3. The van der Waals surface area contributed by atoms with Crippen LogP contribution in [0.1, 0.15) is 18.3 Å². The predicted octanol–water partition coefficient (Wildman–Crippen LogP) is 4.78. The molecule has 100 valence electrons. The average molecular weight is 317 g/mol.